The number of carboxylic acids is 3. The number of carbonyl (C=O) groups is 14. The number of nitrogens with one attached hydrogen (secondary N) is 9. The molecule has 32 heteroatoms. The molecule has 90 heavy (non-hydrogen) atoms. The quantitative estimate of drug-likeness (QED) is 0.0256. The number of aliphatic carboxylic acids is 3. The maximum Gasteiger partial charge on any atom is 0.326 e. The predicted octanol–water partition coefficient (Wildman–Crippen LogP) is -4.94. The van der Waals surface area contributed by atoms with Gasteiger partial charge in [-0.3, -0.25) is 62.3 Å². The lowest BCUT2D eigenvalue weighted by atomic mass is 10.0. The van der Waals surface area contributed by atoms with Gasteiger partial charge in [0, 0.05) is 32.2 Å². The third kappa shape index (κ3) is 24.2. The number of nitrogens with two attached hydrogens (primary N) is 2. The summed E-state index contributed by atoms with van der Waals surface area (Å²) in [5.74, 6) is -16.2. The molecule has 18 N–H and O–H groups in total. The van der Waals surface area contributed by atoms with Gasteiger partial charge in [-0.25, -0.2) is 4.79 Å². The summed E-state index contributed by atoms with van der Waals surface area (Å²) < 4.78 is 0. The van der Waals surface area contributed by atoms with Gasteiger partial charge < -0.3 is 89.8 Å². The first-order valence-corrected chi connectivity index (χ1v) is 29.8. The minimum absolute atomic E-state index is 0.0297. The van der Waals surface area contributed by atoms with Gasteiger partial charge >= 0.3 is 17.9 Å². The molecule has 1 heterocycles. The Morgan fingerprint density at radius 1 is 0.489 bits per heavy atom. The number of carbonyl (C=O) groups excluding carboxylic acids is 11. The summed E-state index contributed by atoms with van der Waals surface area (Å²) in [6.07, 6.45) is -2.19. The Bertz CT molecular complexity index is 3000. The van der Waals surface area contributed by atoms with E-state index in [-0.39, 0.29) is 44.4 Å². The van der Waals surface area contributed by atoms with E-state index in [1.54, 1.807) is 97.3 Å². The Morgan fingerprint density at radius 2 is 0.856 bits per heavy atom. The first-order chi connectivity index (χ1) is 42.9. The van der Waals surface area contributed by atoms with Crippen molar-refractivity contribution >= 4 is 94.6 Å². The van der Waals surface area contributed by atoms with Gasteiger partial charge in [-0.15, -0.1) is 0 Å². The van der Waals surface area contributed by atoms with Crippen molar-refractivity contribution in [1.29, 1.82) is 0 Å². The van der Waals surface area contributed by atoms with Crippen LogP contribution in [0.15, 0.2) is 91.0 Å². The Kier molecular flexibility index (Phi) is 30.3. The van der Waals surface area contributed by atoms with Gasteiger partial charge in [0.2, 0.25) is 65.0 Å². The summed E-state index contributed by atoms with van der Waals surface area (Å²) >= 11 is 1.21. The van der Waals surface area contributed by atoms with Crippen molar-refractivity contribution in [3.8, 4) is 0 Å². The second-order valence-electron chi connectivity index (χ2n) is 20.8. The van der Waals surface area contributed by atoms with E-state index in [9.17, 15) is 92.7 Å². The highest BCUT2D eigenvalue weighted by atomic mass is 32.2. The molecule has 0 spiro atoms. The van der Waals surface area contributed by atoms with Gasteiger partial charge in [-0.1, -0.05) is 91.0 Å². The normalized spacial score (nSPS) is 15.6. The fourth-order valence-corrected chi connectivity index (χ4v) is 9.78. The molecule has 3 aromatic rings. The fraction of sp³-hybridized carbons (Fsp3) is 0.448. The van der Waals surface area contributed by atoms with Crippen LogP contribution in [0.3, 0.4) is 0 Å². The lowest BCUT2D eigenvalue weighted by Crippen LogP contribution is -2.62. The first-order valence-electron chi connectivity index (χ1n) is 28.4. The van der Waals surface area contributed by atoms with Gasteiger partial charge in [-0.05, 0) is 54.4 Å². The number of likely N-dealkylation sites (tertiary alicyclic amines) is 1. The maximum absolute atomic E-state index is 14.4. The van der Waals surface area contributed by atoms with Crippen molar-refractivity contribution < 1.29 is 92.7 Å². The molecule has 31 nitrogen and oxygen atoms in total. The summed E-state index contributed by atoms with van der Waals surface area (Å²) in [7, 11) is 0. The number of hydrogen-bond acceptors (Lipinski definition) is 18. The van der Waals surface area contributed by atoms with E-state index in [2.05, 4.69) is 47.9 Å². The topological polar surface area (TPSA) is 504 Å². The lowest BCUT2D eigenvalue weighted by molar-refractivity contribution is -0.149. The number of aliphatic hydroxyl groups is 2. The van der Waals surface area contributed by atoms with Crippen LogP contribution in [0.5, 0.6) is 0 Å². The van der Waals surface area contributed by atoms with E-state index in [1.807, 2.05) is 0 Å². The van der Waals surface area contributed by atoms with Crippen LogP contribution >= 0.6 is 11.8 Å². The van der Waals surface area contributed by atoms with Crippen LogP contribution < -0.4 is 59.3 Å². The number of aliphatic hydroxyl groups excluding tert-OH is 2. The number of nitrogens with zero attached hydrogens (tertiary/aromatic N) is 1. The molecule has 1 saturated heterocycles. The molecular formula is C58H76N12O19S. The third-order valence-corrected chi connectivity index (χ3v) is 14.6. The Balaban J connectivity index is 1.55. The van der Waals surface area contributed by atoms with Crippen LogP contribution in [0, 0.1) is 0 Å². The van der Waals surface area contributed by atoms with E-state index >= 15 is 0 Å². The average Bonchev–Trinajstić information content (AvgIpc) is 1.64. The minimum atomic E-state index is -1.99. The number of primary amides is 1. The zero-order valence-electron chi connectivity index (χ0n) is 49.0. The van der Waals surface area contributed by atoms with Crippen LogP contribution in [-0.2, 0) is 86.4 Å². The van der Waals surface area contributed by atoms with Crippen molar-refractivity contribution in [1.82, 2.24) is 52.8 Å². The zero-order valence-corrected chi connectivity index (χ0v) is 49.8. The monoisotopic (exact) mass is 1280 g/mol. The third-order valence-electron chi connectivity index (χ3n) is 14.0. The van der Waals surface area contributed by atoms with Gasteiger partial charge in [-0.2, -0.15) is 11.8 Å². The zero-order chi connectivity index (χ0) is 66.5. The molecule has 0 bridgehead atoms. The summed E-state index contributed by atoms with van der Waals surface area (Å²) in [6, 6.07) is 7.74. The molecule has 1 aliphatic heterocycles. The largest absolute Gasteiger partial charge is 0.481 e. The molecule has 0 unspecified atom stereocenters. The smallest absolute Gasteiger partial charge is 0.326 e. The predicted molar refractivity (Wildman–Crippen MR) is 319 cm³/mol. The van der Waals surface area contributed by atoms with E-state index in [0.29, 0.717) is 23.1 Å². The molecule has 488 valence electrons. The summed E-state index contributed by atoms with van der Waals surface area (Å²) in [5, 5.41) is 71.1. The van der Waals surface area contributed by atoms with Crippen molar-refractivity contribution in [2.24, 2.45) is 11.5 Å². The highest BCUT2D eigenvalue weighted by Crippen LogP contribution is 2.20. The molecular weight excluding hydrogens is 1200 g/mol. The van der Waals surface area contributed by atoms with Crippen molar-refractivity contribution in [3.63, 3.8) is 0 Å². The van der Waals surface area contributed by atoms with Crippen molar-refractivity contribution in [2.45, 2.75) is 125 Å². The van der Waals surface area contributed by atoms with Crippen molar-refractivity contribution in [2.75, 3.05) is 38.3 Å². The Hall–Kier alpha value is -9.53. The molecule has 1 fully saturated rings. The molecule has 1 aliphatic rings. The molecule has 0 aliphatic carbocycles. The highest BCUT2D eigenvalue weighted by molar-refractivity contribution is 7.98. The van der Waals surface area contributed by atoms with Gasteiger partial charge in [0.1, 0.15) is 60.4 Å². The van der Waals surface area contributed by atoms with E-state index < -0.39 is 189 Å². The molecule has 3 aromatic carbocycles. The van der Waals surface area contributed by atoms with E-state index in [0.717, 1.165) is 4.90 Å². The van der Waals surface area contributed by atoms with Gasteiger partial charge in [0.05, 0.1) is 32.6 Å². The minimum Gasteiger partial charge on any atom is -0.481 e. The molecule has 0 radical (unpaired) electrons. The summed E-state index contributed by atoms with van der Waals surface area (Å²) in [6.45, 7) is -2.67. The van der Waals surface area contributed by atoms with Crippen molar-refractivity contribution in [3.05, 3.63) is 108 Å². The number of thioether (sulfide) groups is 1. The van der Waals surface area contributed by atoms with Crippen LogP contribution in [0.4, 0.5) is 0 Å². The molecule has 0 saturated carbocycles. The first kappa shape index (κ1) is 72.9. The number of rotatable bonds is 38. The molecule has 10 atom stereocenters. The lowest BCUT2D eigenvalue weighted by Gasteiger charge is -2.29. The van der Waals surface area contributed by atoms with E-state index in [1.165, 1.54) is 11.8 Å². The molecule has 11 amide bonds. The SMILES string of the molecule is CSCC[C@H](NC(=O)[C@H](CC(N)=O)NC(=O)[C@H](CO)NC(=O)[C@H](Cc1ccccc1)NC(=O)CN)C(=O)N[C@@H](CO)C(=O)N[C@@H](Cc1ccccc1)C(=O)N[C@@H](CCC(=O)O)C(=O)N[C@@H](CC(=O)O)C(=O)N[C@@H](Cc1ccccc1)C(=O)N1CCC[C@H]1C(=O)O. The number of amides is 11. The molecule has 0 aromatic heterocycles. The van der Waals surface area contributed by atoms with Crippen LogP contribution in [0.1, 0.15) is 61.6 Å². The van der Waals surface area contributed by atoms with Crippen LogP contribution in [0.2, 0.25) is 0 Å². The van der Waals surface area contributed by atoms with E-state index in [4.69, 9.17) is 11.5 Å². The highest BCUT2D eigenvalue weighted by Gasteiger charge is 2.40. The summed E-state index contributed by atoms with van der Waals surface area (Å²) in [5.41, 5.74) is 12.4. The summed E-state index contributed by atoms with van der Waals surface area (Å²) in [4.78, 5) is 187. The molecule has 4 rings (SSSR count). The van der Waals surface area contributed by atoms with Crippen LogP contribution in [-0.4, -0.2) is 212 Å². The standard InChI is InChI=1S/C58H76N12O19S/c1-90-23-21-36(63-53(83)39(27-45(60)73)65-56(86)43(31-72)69-51(81)37(61-46(74)29-59)24-32-12-5-2-6-13-32)50(80)68-42(30-71)55(85)64-38(25-33-14-7-3-8-15-33)52(82)62-35(19-20-47(75)76)49(79)66-40(28-48(77)78)54(84)67-41(26-34-16-9-4-10-17-34)57(87)70-22-11-18-44(70)58(88)89/h2-10,12-17,35-44,71-72H,11,18-31,59H2,1H3,(H2,60,73)(H,61,74)(H,62,82)(H,63,83)(H,64,85)(H,65,86)(H,66,79)(H,67,84)(H,68,80)(H,69,81)(H,75,76)(H,77,78)(H,88,89)/t35-,36-,37-,38-,39-,40-,41-,42-,43-,44-/m0/s1. The Labute approximate surface area is 520 Å². The fourth-order valence-electron chi connectivity index (χ4n) is 9.31. The van der Waals surface area contributed by atoms with Gasteiger partial charge in [0.15, 0.2) is 0 Å². The van der Waals surface area contributed by atoms with Crippen LogP contribution in [0.25, 0.3) is 0 Å². The maximum atomic E-state index is 14.4. The Morgan fingerprint density at radius 3 is 1.27 bits per heavy atom. The van der Waals surface area contributed by atoms with Gasteiger partial charge in [0.25, 0.3) is 0 Å². The second kappa shape index (κ2) is 37.3. The average molecular weight is 1280 g/mol. The number of benzene rings is 3. The number of hydrogen-bond donors (Lipinski definition) is 16. The second-order valence-corrected chi connectivity index (χ2v) is 21.7. The number of carboxylic acid groups (broad SMARTS) is 3.